The number of aromatic nitrogens is 2. The van der Waals surface area contributed by atoms with Crippen LogP contribution in [-0.4, -0.2) is 21.6 Å². The van der Waals surface area contributed by atoms with Crippen LogP contribution in [0.15, 0.2) is 5.16 Å². The Morgan fingerprint density at radius 3 is 2.18 bits per heavy atom. The molecule has 0 unspecified atom stereocenters. The van der Waals surface area contributed by atoms with Gasteiger partial charge in [-0.3, -0.25) is 0 Å². The highest BCUT2D eigenvalue weighted by Crippen LogP contribution is 2.39. The summed E-state index contributed by atoms with van der Waals surface area (Å²) in [6.07, 6.45) is 3.79. The Morgan fingerprint density at radius 1 is 1.05 bits per heavy atom. The van der Waals surface area contributed by atoms with Gasteiger partial charge in [0.05, 0.1) is 5.69 Å². The van der Waals surface area contributed by atoms with E-state index in [9.17, 15) is 17.6 Å². The number of halogens is 4. The van der Waals surface area contributed by atoms with E-state index in [0.29, 0.717) is 6.42 Å². The molecule has 1 heterocycles. The van der Waals surface area contributed by atoms with Crippen molar-refractivity contribution in [1.82, 2.24) is 9.97 Å². The second kappa shape index (κ2) is 9.43. The van der Waals surface area contributed by atoms with E-state index >= 15 is 0 Å². The molecule has 0 fully saturated rings. The molecule has 0 aromatic carbocycles. The molecule has 2 nitrogen and oxygen atoms in total. The van der Waals surface area contributed by atoms with Gasteiger partial charge in [-0.25, -0.2) is 13.8 Å². The van der Waals surface area contributed by atoms with Crippen LogP contribution >= 0.6 is 11.8 Å². The molecule has 1 aromatic heterocycles. The predicted molar refractivity (Wildman–Crippen MR) is 81.9 cm³/mol. The minimum atomic E-state index is -4.11. The Morgan fingerprint density at radius 2 is 1.64 bits per heavy atom. The highest BCUT2D eigenvalue weighted by Gasteiger charge is 2.43. The van der Waals surface area contributed by atoms with Gasteiger partial charge in [-0.05, 0) is 37.4 Å². The summed E-state index contributed by atoms with van der Waals surface area (Å²) in [5.74, 6) is 0. The number of hydrogen-bond acceptors (Lipinski definition) is 2. The molecular formula is C15H24F4N2S. The molecule has 22 heavy (non-hydrogen) atoms. The van der Waals surface area contributed by atoms with E-state index in [-0.39, 0.29) is 16.9 Å². The first-order valence-electron chi connectivity index (χ1n) is 7.83. The number of nitrogens with zero attached hydrogens (tertiary/aromatic N) is 1. The zero-order chi connectivity index (χ0) is 16.6. The van der Waals surface area contributed by atoms with Crippen molar-refractivity contribution < 1.29 is 17.6 Å². The molecular weight excluding hydrogens is 316 g/mol. The van der Waals surface area contributed by atoms with E-state index in [1.165, 1.54) is 0 Å². The van der Waals surface area contributed by atoms with Crippen LogP contribution in [-0.2, 0) is 12.8 Å². The minimum absolute atomic E-state index is 0.108. The Hall–Kier alpha value is -0.720. The number of hydrogen-bond donors (Lipinski definition) is 1. The molecule has 7 heteroatoms. The van der Waals surface area contributed by atoms with Crippen LogP contribution in [0.2, 0.25) is 0 Å². The Balaban J connectivity index is 2.78. The van der Waals surface area contributed by atoms with Crippen molar-refractivity contribution in [2.75, 3.05) is 0 Å². The highest BCUT2D eigenvalue weighted by atomic mass is 32.2. The van der Waals surface area contributed by atoms with Crippen molar-refractivity contribution >= 4 is 11.8 Å². The summed E-state index contributed by atoms with van der Waals surface area (Å²) in [5, 5.41) is -4.22. The van der Waals surface area contributed by atoms with Crippen molar-refractivity contribution in [1.29, 1.82) is 0 Å². The first-order chi connectivity index (χ1) is 10.4. The van der Waals surface area contributed by atoms with Crippen molar-refractivity contribution in [3.05, 3.63) is 11.4 Å². The average molecular weight is 340 g/mol. The minimum Gasteiger partial charge on any atom is -0.336 e. The molecule has 1 aromatic rings. The second-order valence-corrected chi connectivity index (χ2v) is 6.48. The summed E-state index contributed by atoms with van der Waals surface area (Å²) >= 11 is -0.183. The number of unbranched alkanes of at least 4 members (excludes halogenated alkanes) is 4. The fourth-order valence-electron chi connectivity index (χ4n) is 2.15. The van der Waals surface area contributed by atoms with Crippen LogP contribution in [0.1, 0.15) is 63.8 Å². The summed E-state index contributed by atoms with van der Waals surface area (Å²) < 4.78 is 50.9. The molecule has 0 aliphatic rings. The quantitative estimate of drug-likeness (QED) is 0.312. The van der Waals surface area contributed by atoms with Gasteiger partial charge in [0, 0.05) is 5.69 Å². The van der Waals surface area contributed by atoms with Gasteiger partial charge in [-0.1, -0.05) is 39.5 Å². The number of aryl methyl sites for hydroxylation is 2. The third-order valence-electron chi connectivity index (χ3n) is 3.38. The molecule has 1 N–H and O–H groups in total. The van der Waals surface area contributed by atoms with Gasteiger partial charge < -0.3 is 4.98 Å². The molecule has 0 spiro atoms. The lowest BCUT2D eigenvalue weighted by atomic mass is 10.1. The van der Waals surface area contributed by atoms with Gasteiger partial charge in [-0.15, -0.1) is 0 Å². The van der Waals surface area contributed by atoms with E-state index in [2.05, 4.69) is 23.8 Å². The highest BCUT2D eigenvalue weighted by molar-refractivity contribution is 8.00. The summed E-state index contributed by atoms with van der Waals surface area (Å²) in [4.78, 5) is 6.94. The smallest absolute Gasteiger partial charge is 0.336 e. The Kier molecular flexibility index (Phi) is 8.28. The maximum atomic E-state index is 13.1. The number of nitrogens with one attached hydrogen (secondary N) is 1. The number of imidazole rings is 1. The molecule has 0 amide bonds. The van der Waals surface area contributed by atoms with Crippen LogP contribution in [0, 0.1) is 0 Å². The first kappa shape index (κ1) is 19.3. The topological polar surface area (TPSA) is 28.7 Å². The third kappa shape index (κ3) is 6.18. The van der Waals surface area contributed by atoms with Gasteiger partial charge >= 0.3 is 11.7 Å². The lowest BCUT2D eigenvalue weighted by Crippen LogP contribution is -2.21. The van der Waals surface area contributed by atoms with E-state index in [1.54, 1.807) is 0 Å². The maximum Gasteiger partial charge on any atom is 0.360 e. The van der Waals surface area contributed by atoms with Gasteiger partial charge in [-0.2, -0.15) is 8.78 Å². The predicted octanol–water partition coefficient (Wildman–Crippen LogP) is 5.83. The largest absolute Gasteiger partial charge is 0.360 e. The monoisotopic (exact) mass is 340 g/mol. The lowest BCUT2D eigenvalue weighted by molar-refractivity contribution is -0.0565. The summed E-state index contributed by atoms with van der Waals surface area (Å²) in [6.45, 7) is 4.16. The van der Waals surface area contributed by atoms with Crippen LogP contribution in [0.5, 0.6) is 0 Å². The molecule has 0 radical (unpaired) electrons. The van der Waals surface area contributed by atoms with E-state index < -0.39 is 11.7 Å². The molecule has 1 rings (SSSR count). The third-order valence-corrected chi connectivity index (χ3v) is 4.21. The Bertz CT molecular complexity index is 408. The summed E-state index contributed by atoms with van der Waals surface area (Å²) in [7, 11) is 0. The standard InChI is InChI=1S/C15H24F4N2S/c1-3-5-7-9-11-12(10-8-6-4-2)21-14(20-11)22-15(18,19)13(16)17/h13H,3-10H2,1-2H3,(H,20,21). The summed E-state index contributed by atoms with van der Waals surface area (Å²) in [6, 6.07) is 0. The van der Waals surface area contributed by atoms with Crippen molar-refractivity contribution in [3.8, 4) is 0 Å². The van der Waals surface area contributed by atoms with Crippen molar-refractivity contribution in [2.24, 2.45) is 0 Å². The summed E-state index contributed by atoms with van der Waals surface area (Å²) in [5.41, 5.74) is 1.56. The van der Waals surface area contributed by atoms with Crippen molar-refractivity contribution in [2.45, 2.75) is 82.1 Å². The average Bonchev–Trinajstić information content (AvgIpc) is 2.80. The number of aromatic amines is 1. The number of rotatable bonds is 11. The zero-order valence-electron chi connectivity index (χ0n) is 13.1. The van der Waals surface area contributed by atoms with Crippen LogP contribution in [0.25, 0.3) is 0 Å². The van der Waals surface area contributed by atoms with Gasteiger partial charge in [0.1, 0.15) is 0 Å². The van der Waals surface area contributed by atoms with Crippen LogP contribution < -0.4 is 0 Å². The van der Waals surface area contributed by atoms with Crippen molar-refractivity contribution in [3.63, 3.8) is 0 Å². The fraction of sp³-hybridized carbons (Fsp3) is 0.800. The van der Waals surface area contributed by atoms with E-state index in [0.717, 1.165) is 56.3 Å². The van der Waals surface area contributed by atoms with Gasteiger partial charge in [0.2, 0.25) is 0 Å². The molecule has 0 saturated heterocycles. The maximum absolute atomic E-state index is 13.1. The number of thioether (sulfide) groups is 1. The number of alkyl halides is 4. The zero-order valence-corrected chi connectivity index (χ0v) is 13.9. The Labute approximate surface area is 133 Å². The molecule has 0 saturated carbocycles. The molecule has 128 valence electrons. The van der Waals surface area contributed by atoms with Crippen LogP contribution in [0.3, 0.4) is 0 Å². The number of H-pyrrole nitrogens is 1. The lowest BCUT2D eigenvalue weighted by Gasteiger charge is -2.11. The normalized spacial score (nSPS) is 12.3. The van der Waals surface area contributed by atoms with Crippen LogP contribution in [0.4, 0.5) is 17.6 Å². The molecule has 0 aliphatic heterocycles. The molecule has 0 aliphatic carbocycles. The van der Waals surface area contributed by atoms with E-state index in [1.807, 2.05) is 0 Å². The molecule has 0 atom stereocenters. The second-order valence-electron chi connectivity index (χ2n) is 5.35. The molecule has 0 bridgehead atoms. The first-order valence-corrected chi connectivity index (χ1v) is 8.65. The van der Waals surface area contributed by atoms with Gasteiger partial charge in [0.15, 0.2) is 5.16 Å². The van der Waals surface area contributed by atoms with Gasteiger partial charge in [0.25, 0.3) is 0 Å². The fourth-order valence-corrected chi connectivity index (χ4v) is 2.83. The van der Waals surface area contributed by atoms with E-state index in [4.69, 9.17) is 0 Å². The SMILES string of the molecule is CCCCCc1nc(SC(F)(F)C(F)F)[nH]c1CCCCC.